The van der Waals surface area contributed by atoms with E-state index >= 15 is 0 Å². The molecule has 0 aliphatic carbocycles. The average molecular weight is 289 g/mol. The number of rotatable bonds is 5. The minimum Gasteiger partial charge on any atom is -0.393 e. The van der Waals surface area contributed by atoms with Crippen LogP contribution in [0.5, 0.6) is 0 Å². The number of anilines is 1. The summed E-state index contributed by atoms with van der Waals surface area (Å²) in [4.78, 5) is 12.9. The van der Waals surface area contributed by atoms with Gasteiger partial charge in [0, 0.05) is 6.54 Å². The maximum atomic E-state index is 9.12. The smallest absolute Gasteiger partial charge is 0.167 e. The van der Waals surface area contributed by atoms with Gasteiger partial charge in [0.15, 0.2) is 23.2 Å². The number of imidazole rings is 1. The number of fused-ring (bicyclic) bond motifs is 1. The SMILES string of the molecule is CC(C)CNc1ncnc2c1ncn2[C@H]1C=C[C@@H](CO)O1. The second-order valence-corrected chi connectivity index (χ2v) is 5.45. The number of aliphatic hydroxyl groups excluding tert-OH is 1. The normalized spacial score (nSPS) is 21.5. The molecule has 2 atom stereocenters. The highest BCUT2D eigenvalue weighted by atomic mass is 16.5. The second kappa shape index (κ2) is 5.79. The third-order valence-electron chi connectivity index (χ3n) is 3.30. The number of hydrogen-bond acceptors (Lipinski definition) is 6. The lowest BCUT2D eigenvalue weighted by molar-refractivity contribution is -0.00638. The summed E-state index contributed by atoms with van der Waals surface area (Å²) < 4.78 is 7.52. The van der Waals surface area contributed by atoms with Gasteiger partial charge in [0.1, 0.15) is 12.4 Å². The van der Waals surface area contributed by atoms with Crippen LogP contribution in [0.2, 0.25) is 0 Å². The van der Waals surface area contributed by atoms with Crippen LogP contribution >= 0.6 is 0 Å². The molecule has 7 heteroatoms. The van der Waals surface area contributed by atoms with Crippen LogP contribution in [0.4, 0.5) is 5.82 Å². The van der Waals surface area contributed by atoms with Crippen molar-refractivity contribution < 1.29 is 9.84 Å². The molecule has 0 radical (unpaired) electrons. The predicted octanol–water partition coefficient (Wildman–Crippen LogP) is 1.34. The zero-order valence-electron chi connectivity index (χ0n) is 12.1. The van der Waals surface area contributed by atoms with Crippen molar-refractivity contribution in [1.82, 2.24) is 19.5 Å². The number of aliphatic hydroxyl groups is 1. The Morgan fingerprint density at radius 1 is 1.33 bits per heavy atom. The Morgan fingerprint density at radius 3 is 2.90 bits per heavy atom. The standard InChI is InChI=1S/C14H19N5O2/c1-9(2)5-15-13-12-14(17-7-16-13)19(8-18-12)11-4-3-10(6-20)21-11/h3-4,7-11,20H,5-6H2,1-2H3,(H,15,16,17)/t10-,11+/m0/s1. The molecule has 3 heterocycles. The molecule has 3 rings (SSSR count). The third kappa shape index (κ3) is 2.74. The van der Waals surface area contributed by atoms with Crippen LogP contribution in [0.3, 0.4) is 0 Å². The molecular formula is C14H19N5O2. The van der Waals surface area contributed by atoms with Crippen LogP contribution in [0, 0.1) is 5.92 Å². The summed E-state index contributed by atoms with van der Waals surface area (Å²) >= 11 is 0. The first-order valence-electron chi connectivity index (χ1n) is 7.05. The number of hydrogen-bond donors (Lipinski definition) is 2. The zero-order valence-corrected chi connectivity index (χ0v) is 12.1. The van der Waals surface area contributed by atoms with E-state index in [1.165, 1.54) is 6.33 Å². The summed E-state index contributed by atoms with van der Waals surface area (Å²) in [6.07, 6.45) is 6.38. The van der Waals surface area contributed by atoms with Crippen LogP contribution in [0.25, 0.3) is 11.2 Å². The Kier molecular flexibility index (Phi) is 3.85. The Bertz CT molecular complexity index is 652. The van der Waals surface area contributed by atoms with Gasteiger partial charge in [0.2, 0.25) is 0 Å². The molecule has 0 bridgehead atoms. The van der Waals surface area contributed by atoms with Crippen molar-refractivity contribution in [3.8, 4) is 0 Å². The van der Waals surface area contributed by atoms with Crippen molar-refractivity contribution in [3.05, 3.63) is 24.8 Å². The number of ether oxygens (including phenoxy) is 1. The minimum absolute atomic E-state index is 0.0319. The molecule has 0 spiro atoms. The molecule has 0 saturated carbocycles. The van der Waals surface area contributed by atoms with Crippen molar-refractivity contribution in [3.63, 3.8) is 0 Å². The van der Waals surface area contributed by atoms with Gasteiger partial charge in [-0.1, -0.05) is 19.9 Å². The lowest BCUT2D eigenvalue weighted by Gasteiger charge is -2.14. The predicted molar refractivity (Wildman–Crippen MR) is 78.8 cm³/mol. The fraction of sp³-hybridized carbons (Fsp3) is 0.500. The van der Waals surface area contributed by atoms with Gasteiger partial charge in [0.05, 0.1) is 12.9 Å². The maximum absolute atomic E-state index is 9.12. The summed E-state index contributed by atoms with van der Waals surface area (Å²) in [6, 6.07) is 0. The Balaban J connectivity index is 1.89. The minimum atomic E-state index is -0.292. The average Bonchev–Trinajstić information content (AvgIpc) is 3.10. The van der Waals surface area contributed by atoms with Crippen molar-refractivity contribution in [2.45, 2.75) is 26.2 Å². The first kappa shape index (κ1) is 14.0. The monoisotopic (exact) mass is 289 g/mol. The van der Waals surface area contributed by atoms with E-state index in [1.807, 2.05) is 16.7 Å². The quantitative estimate of drug-likeness (QED) is 0.808. The van der Waals surface area contributed by atoms with E-state index < -0.39 is 0 Å². The molecule has 1 aliphatic heterocycles. The van der Waals surface area contributed by atoms with Gasteiger partial charge >= 0.3 is 0 Å². The molecule has 2 aromatic rings. The molecule has 0 fully saturated rings. The molecule has 2 aromatic heterocycles. The van der Waals surface area contributed by atoms with Crippen LogP contribution in [0.15, 0.2) is 24.8 Å². The fourth-order valence-corrected chi connectivity index (χ4v) is 2.22. The van der Waals surface area contributed by atoms with E-state index in [0.717, 1.165) is 17.9 Å². The first-order chi connectivity index (χ1) is 10.2. The molecule has 0 amide bonds. The fourth-order valence-electron chi connectivity index (χ4n) is 2.22. The number of nitrogens with one attached hydrogen (secondary N) is 1. The molecule has 1 aliphatic rings. The van der Waals surface area contributed by atoms with E-state index in [1.54, 1.807) is 6.33 Å². The molecule has 7 nitrogen and oxygen atoms in total. The second-order valence-electron chi connectivity index (χ2n) is 5.45. The number of aromatic nitrogens is 4. The summed E-state index contributed by atoms with van der Waals surface area (Å²) in [6.45, 7) is 5.06. The summed E-state index contributed by atoms with van der Waals surface area (Å²) in [5.41, 5.74) is 1.44. The Hall–Kier alpha value is -1.99. The van der Waals surface area contributed by atoms with Crippen LogP contribution in [-0.2, 0) is 4.74 Å². The topological polar surface area (TPSA) is 85.1 Å². The lowest BCUT2D eigenvalue weighted by Crippen LogP contribution is -2.15. The van der Waals surface area contributed by atoms with E-state index in [2.05, 4.69) is 34.1 Å². The first-order valence-corrected chi connectivity index (χ1v) is 7.05. The van der Waals surface area contributed by atoms with Gasteiger partial charge < -0.3 is 15.2 Å². The molecular weight excluding hydrogens is 270 g/mol. The molecule has 2 N–H and O–H groups in total. The lowest BCUT2D eigenvalue weighted by atomic mass is 10.2. The highest BCUT2D eigenvalue weighted by molar-refractivity contribution is 5.82. The highest BCUT2D eigenvalue weighted by Gasteiger charge is 2.22. The van der Waals surface area contributed by atoms with E-state index in [0.29, 0.717) is 11.6 Å². The van der Waals surface area contributed by atoms with Gasteiger partial charge in [-0.2, -0.15) is 0 Å². The van der Waals surface area contributed by atoms with Crippen molar-refractivity contribution in [2.24, 2.45) is 5.92 Å². The van der Waals surface area contributed by atoms with E-state index in [-0.39, 0.29) is 18.9 Å². The van der Waals surface area contributed by atoms with Crippen molar-refractivity contribution in [2.75, 3.05) is 18.5 Å². The van der Waals surface area contributed by atoms with Crippen LogP contribution < -0.4 is 5.32 Å². The van der Waals surface area contributed by atoms with Crippen LogP contribution in [0.1, 0.15) is 20.1 Å². The van der Waals surface area contributed by atoms with Crippen molar-refractivity contribution >= 4 is 17.0 Å². The largest absolute Gasteiger partial charge is 0.393 e. The third-order valence-corrected chi connectivity index (χ3v) is 3.30. The molecule has 0 unspecified atom stereocenters. The van der Waals surface area contributed by atoms with Gasteiger partial charge in [-0.3, -0.25) is 4.57 Å². The van der Waals surface area contributed by atoms with Gasteiger partial charge in [-0.15, -0.1) is 0 Å². The summed E-state index contributed by atoms with van der Waals surface area (Å²) in [5, 5.41) is 12.4. The Labute approximate surface area is 122 Å². The molecule has 0 saturated heterocycles. The summed E-state index contributed by atoms with van der Waals surface area (Å²) in [5.74, 6) is 1.25. The van der Waals surface area contributed by atoms with Gasteiger partial charge in [-0.25, -0.2) is 15.0 Å². The Morgan fingerprint density at radius 2 is 2.19 bits per heavy atom. The van der Waals surface area contributed by atoms with Crippen LogP contribution in [-0.4, -0.2) is 43.9 Å². The molecule has 0 aromatic carbocycles. The molecule has 112 valence electrons. The van der Waals surface area contributed by atoms with Crippen molar-refractivity contribution in [1.29, 1.82) is 0 Å². The van der Waals surface area contributed by atoms with E-state index in [4.69, 9.17) is 9.84 Å². The highest BCUT2D eigenvalue weighted by Crippen LogP contribution is 2.26. The summed E-state index contributed by atoms with van der Waals surface area (Å²) in [7, 11) is 0. The van der Waals surface area contributed by atoms with Gasteiger partial charge in [-0.05, 0) is 12.0 Å². The van der Waals surface area contributed by atoms with E-state index in [9.17, 15) is 0 Å². The zero-order chi connectivity index (χ0) is 14.8. The maximum Gasteiger partial charge on any atom is 0.167 e. The molecule has 21 heavy (non-hydrogen) atoms. The number of nitrogens with zero attached hydrogens (tertiary/aromatic N) is 4. The van der Waals surface area contributed by atoms with Gasteiger partial charge in [0.25, 0.3) is 0 Å².